The lowest BCUT2D eigenvalue weighted by Gasteiger charge is -2.13. The number of ketones is 1. The Balaban J connectivity index is 1.74. The second-order valence-electron chi connectivity index (χ2n) is 7.49. The third-order valence-electron chi connectivity index (χ3n) is 5.32. The van der Waals surface area contributed by atoms with E-state index in [-0.39, 0.29) is 36.0 Å². The van der Waals surface area contributed by atoms with Crippen LogP contribution >= 0.6 is 0 Å². The number of aromatic nitrogens is 1. The molecule has 4 rings (SSSR count). The number of hydrogen-bond donors (Lipinski definition) is 0. The van der Waals surface area contributed by atoms with Gasteiger partial charge in [0, 0.05) is 34.6 Å². The van der Waals surface area contributed by atoms with Crippen molar-refractivity contribution in [2.24, 2.45) is 0 Å². The smallest absolute Gasteiger partial charge is 0.361 e. The third kappa shape index (κ3) is 4.47. The van der Waals surface area contributed by atoms with Gasteiger partial charge in [-0.25, -0.2) is 4.79 Å². The summed E-state index contributed by atoms with van der Waals surface area (Å²) < 4.78 is 35.7. The predicted octanol–water partition coefficient (Wildman–Crippen LogP) is 4.59. The second kappa shape index (κ2) is 9.67. The number of hydrogen-bond acceptors (Lipinski definition) is 6. The van der Waals surface area contributed by atoms with Gasteiger partial charge in [0.15, 0.2) is 16.4 Å². The molecule has 32 heavy (non-hydrogen) atoms. The molecule has 166 valence electrons. The van der Waals surface area contributed by atoms with E-state index in [4.69, 9.17) is 9.26 Å². The largest absolute Gasteiger partial charge is 0.609 e. The highest BCUT2D eigenvalue weighted by Gasteiger charge is 2.38. The topological polar surface area (TPSA) is 92.5 Å². The molecule has 0 aliphatic heterocycles. The van der Waals surface area contributed by atoms with Crippen LogP contribution in [0.2, 0.25) is 0 Å². The number of rotatable bonds is 9. The van der Waals surface area contributed by atoms with Crippen LogP contribution in [0.25, 0.3) is 0 Å². The lowest BCUT2D eigenvalue weighted by Crippen LogP contribution is -2.15. The van der Waals surface area contributed by atoms with Crippen LogP contribution in [0.5, 0.6) is 0 Å². The maximum atomic E-state index is 13.6. The molecule has 6 nitrogen and oxygen atoms in total. The fraction of sp³-hybridized carbons (Fsp3) is 0.292. The fourth-order valence-corrected chi connectivity index (χ4v) is 4.43. The fourth-order valence-electron chi connectivity index (χ4n) is 3.65. The monoisotopic (exact) mass is 455 g/mol. The van der Waals surface area contributed by atoms with E-state index in [9.17, 15) is 18.5 Å². The Hall–Kier alpha value is -2.97. The molecule has 8 heteroatoms. The van der Waals surface area contributed by atoms with Crippen molar-refractivity contribution in [1.82, 2.24) is 5.16 Å². The number of benzene rings is 2. The van der Waals surface area contributed by atoms with Crippen molar-refractivity contribution in [3.8, 4) is 0 Å². The Bertz CT molecular complexity index is 1140. The van der Waals surface area contributed by atoms with Crippen molar-refractivity contribution in [3.05, 3.63) is 82.2 Å². The molecule has 1 atom stereocenters. The number of esters is 1. The summed E-state index contributed by atoms with van der Waals surface area (Å²) in [6, 6.07) is 12.9. The van der Waals surface area contributed by atoms with E-state index >= 15 is 0 Å². The van der Waals surface area contributed by atoms with Gasteiger partial charge in [0.2, 0.25) is 11.7 Å². The summed E-state index contributed by atoms with van der Waals surface area (Å²) in [7, 11) is 0. The summed E-state index contributed by atoms with van der Waals surface area (Å²) in [5, 5.41) is 3.85. The normalized spacial score (nSPS) is 14.2. The Labute approximate surface area is 187 Å². The highest BCUT2D eigenvalue weighted by molar-refractivity contribution is 7.91. The molecule has 2 aromatic carbocycles. The summed E-state index contributed by atoms with van der Waals surface area (Å²) >= 11 is -1.77. The summed E-state index contributed by atoms with van der Waals surface area (Å²) in [4.78, 5) is 26.5. The molecule has 1 heterocycles. The van der Waals surface area contributed by atoms with Gasteiger partial charge in [0.05, 0.1) is 6.61 Å². The molecule has 3 aromatic rings. The maximum Gasteiger partial charge on any atom is 0.361 e. The van der Waals surface area contributed by atoms with E-state index in [0.717, 1.165) is 12.8 Å². The van der Waals surface area contributed by atoms with Gasteiger partial charge in [0.1, 0.15) is 5.56 Å². The van der Waals surface area contributed by atoms with Crippen molar-refractivity contribution >= 4 is 22.9 Å². The number of ether oxygens (including phenoxy) is 1. The van der Waals surface area contributed by atoms with Crippen molar-refractivity contribution in [3.63, 3.8) is 0 Å². The molecule has 1 saturated carbocycles. The first kappa shape index (κ1) is 22.2. The summed E-state index contributed by atoms with van der Waals surface area (Å²) in [5.74, 6) is -0.611. The summed E-state index contributed by atoms with van der Waals surface area (Å²) in [6.07, 6.45) is 2.01. The standard InChI is InChI=1S/C24H22FNO5S/c1-2-30-24(28)21-20(23(31-26-21)15-11-12-15)22(27)18-9-5-3-7-16(18)13-17-8-4-6-10-19(17)32(29)14-25/h3-10,15H,2,11-14H2,1H3. The minimum Gasteiger partial charge on any atom is -0.609 e. The van der Waals surface area contributed by atoms with Crippen LogP contribution in [0.15, 0.2) is 57.9 Å². The van der Waals surface area contributed by atoms with Crippen molar-refractivity contribution in [1.29, 1.82) is 0 Å². The van der Waals surface area contributed by atoms with Gasteiger partial charge in [-0.1, -0.05) is 47.6 Å². The van der Waals surface area contributed by atoms with Gasteiger partial charge < -0.3 is 13.8 Å². The van der Waals surface area contributed by atoms with Crippen molar-refractivity contribution < 1.29 is 27.8 Å². The van der Waals surface area contributed by atoms with Crippen LogP contribution in [-0.2, 0) is 22.3 Å². The van der Waals surface area contributed by atoms with Crippen LogP contribution in [0.1, 0.15) is 69.0 Å². The maximum absolute atomic E-state index is 13.6. The molecule has 0 spiro atoms. The molecule has 0 N–H and O–H groups in total. The zero-order valence-electron chi connectivity index (χ0n) is 17.5. The highest BCUT2D eigenvalue weighted by atomic mass is 32.2. The van der Waals surface area contributed by atoms with Crippen LogP contribution in [0.3, 0.4) is 0 Å². The summed E-state index contributed by atoms with van der Waals surface area (Å²) in [5.41, 5.74) is 1.73. The van der Waals surface area contributed by atoms with E-state index in [2.05, 4.69) is 5.16 Å². The van der Waals surface area contributed by atoms with E-state index in [1.807, 2.05) is 0 Å². The average molecular weight is 456 g/mol. The van der Waals surface area contributed by atoms with Crippen LogP contribution in [-0.4, -0.2) is 34.1 Å². The number of carbonyl (C=O) groups excluding carboxylic acids is 2. The van der Waals surface area contributed by atoms with Crippen LogP contribution in [0.4, 0.5) is 4.39 Å². The lowest BCUT2D eigenvalue weighted by molar-refractivity contribution is 0.0512. The van der Waals surface area contributed by atoms with Gasteiger partial charge in [-0.15, -0.1) is 0 Å². The van der Waals surface area contributed by atoms with Crippen molar-refractivity contribution in [2.75, 3.05) is 12.6 Å². The molecule has 1 aliphatic carbocycles. The van der Waals surface area contributed by atoms with Crippen molar-refractivity contribution in [2.45, 2.75) is 37.0 Å². The van der Waals surface area contributed by atoms with Gasteiger partial charge in [-0.2, -0.15) is 4.39 Å². The number of carbonyl (C=O) groups is 2. The zero-order chi connectivity index (χ0) is 22.7. The van der Waals surface area contributed by atoms with Gasteiger partial charge >= 0.3 is 5.97 Å². The molecule has 0 amide bonds. The van der Waals surface area contributed by atoms with Gasteiger partial charge in [0.25, 0.3) is 0 Å². The minimum atomic E-state index is -1.77. The molecular weight excluding hydrogens is 433 g/mol. The first-order valence-corrected chi connectivity index (χ1v) is 11.7. The number of alkyl halides is 1. The zero-order valence-corrected chi connectivity index (χ0v) is 18.3. The molecular formula is C24H22FNO5S. The first-order chi connectivity index (χ1) is 15.5. The quantitative estimate of drug-likeness (QED) is 0.266. The van der Waals surface area contributed by atoms with Gasteiger partial charge in [-0.05, 0) is 31.4 Å². The molecule has 0 radical (unpaired) electrons. The van der Waals surface area contributed by atoms with Crippen LogP contribution in [0, 0.1) is 0 Å². The molecule has 1 fully saturated rings. The highest BCUT2D eigenvalue weighted by Crippen LogP contribution is 2.43. The molecule has 0 saturated heterocycles. The number of halogens is 1. The third-order valence-corrected chi connectivity index (χ3v) is 6.41. The number of nitrogens with zero attached hydrogens (tertiary/aromatic N) is 1. The summed E-state index contributed by atoms with van der Waals surface area (Å²) in [6.45, 7) is 1.83. The van der Waals surface area contributed by atoms with E-state index < -0.39 is 23.2 Å². The Morgan fingerprint density at radius 3 is 2.53 bits per heavy atom. The van der Waals surface area contributed by atoms with Gasteiger partial charge in [-0.3, -0.25) is 4.79 Å². The SMILES string of the molecule is CCOC(=O)c1noc(C2CC2)c1C(=O)c1ccccc1Cc1ccccc1[S+]([O-])CF. The Kier molecular flexibility index (Phi) is 6.72. The van der Waals surface area contributed by atoms with E-state index in [1.165, 1.54) is 0 Å². The molecule has 1 unspecified atom stereocenters. The first-order valence-electron chi connectivity index (χ1n) is 10.4. The predicted molar refractivity (Wildman–Crippen MR) is 116 cm³/mol. The minimum absolute atomic E-state index is 0.0597. The molecule has 1 aliphatic rings. The Morgan fingerprint density at radius 1 is 1.16 bits per heavy atom. The second-order valence-corrected chi connectivity index (χ2v) is 8.84. The molecule has 1 aromatic heterocycles. The van der Waals surface area contributed by atoms with E-state index in [1.54, 1.807) is 55.5 Å². The lowest BCUT2D eigenvalue weighted by atomic mass is 9.92. The molecule has 0 bridgehead atoms. The average Bonchev–Trinajstić information content (AvgIpc) is 3.56. The Morgan fingerprint density at radius 2 is 1.84 bits per heavy atom. The van der Waals surface area contributed by atoms with E-state index in [0.29, 0.717) is 27.3 Å². The van der Waals surface area contributed by atoms with Crippen LogP contribution < -0.4 is 0 Å².